The van der Waals surface area contributed by atoms with Gasteiger partial charge in [0.05, 0.1) is 0 Å². The van der Waals surface area contributed by atoms with Crippen LogP contribution in [0.5, 0.6) is 0 Å². The van der Waals surface area contributed by atoms with Gasteiger partial charge in [-0.15, -0.1) is 0 Å². The van der Waals surface area contributed by atoms with Crippen LogP contribution in [0.2, 0.25) is 0 Å². The van der Waals surface area contributed by atoms with E-state index in [0.717, 1.165) is 30.2 Å². The zero-order valence-corrected chi connectivity index (χ0v) is 15.8. The number of benzene rings is 1. The molecule has 5 heteroatoms. The molecular formula is C21H25N5. The van der Waals surface area contributed by atoms with E-state index >= 15 is 0 Å². The molecule has 0 unspecified atom stereocenters. The molecule has 0 spiro atoms. The van der Waals surface area contributed by atoms with Crippen LogP contribution in [-0.2, 0) is 6.42 Å². The predicted octanol–water partition coefficient (Wildman–Crippen LogP) is 4.22. The van der Waals surface area contributed by atoms with Gasteiger partial charge in [0.15, 0.2) is 0 Å². The summed E-state index contributed by atoms with van der Waals surface area (Å²) in [7, 11) is 2.06. The van der Waals surface area contributed by atoms with Crippen molar-refractivity contribution >= 4 is 17.5 Å². The molecule has 0 amide bonds. The first-order valence-electron chi connectivity index (χ1n) is 8.81. The fourth-order valence-corrected chi connectivity index (χ4v) is 2.76. The van der Waals surface area contributed by atoms with Gasteiger partial charge in [0.2, 0.25) is 5.95 Å². The zero-order valence-electron chi connectivity index (χ0n) is 15.8. The number of likely N-dealkylation sites (N-methyl/N-ethyl adjacent to an activating group) is 1. The Hall–Kier alpha value is -2.95. The Labute approximate surface area is 155 Å². The highest BCUT2D eigenvalue weighted by atomic mass is 15.2. The van der Waals surface area contributed by atoms with Gasteiger partial charge in [0, 0.05) is 43.4 Å². The highest BCUT2D eigenvalue weighted by molar-refractivity contribution is 5.60. The molecule has 0 saturated carbocycles. The fourth-order valence-electron chi connectivity index (χ4n) is 2.76. The predicted molar refractivity (Wildman–Crippen MR) is 107 cm³/mol. The Morgan fingerprint density at radius 3 is 2.50 bits per heavy atom. The lowest BCUT2D eigenvalue weighted by Crippen LogP contribution is -2.22. The number of hydrogen-bond acceptors (Lipinski definition) is 5. The van der Waals surface area contributed by atoms with Gasteiger partial charge in [0.1, 0.15) is 5.82 Å². The van der Waals surface area contributed by atoms with Crippen LogP contribution in [0.15, 0.2) is 48.8 Å². The monoisotopic (exact) mass is 347 g/mol. The van der Waals surface area contributed by atoms with Gasteiger partial charge in [-0.05, 0) is 62.1 Å². The highest BCUT2D eigenvalue weighted by Gasteiger charge is 2.09. The molecule has 5 nitrogen and oxygen atoms in total. The molecule has 0 radical (unpaired) electrons. The molecule has 0 bridgehead atoms. The number of aryl methyl sites for hydroxylation is 3. The molecule has 0 fully saturated rings. The summed E-state index contributed by atoms with van der Waals surface area (Å²) < 4.78 is 0. The van der Waals surface area contributed by atoms with Crippen LogP contribution < -0.4 is 10.2 Å². The third-order valence-electron chi connectivity index (χ3n) is 4.36. The maximum Gasteiger partial charge on any atom is 0.229 e. The summed E-state index contributed by atoms with van der Waals surface area (Å²) in [5.74, 6) is 1.55. The van der Waals surface area contributed by atoms with Crippen molar-refractivity contribution in [1.82, 2.24) is 15.0 Å². The number of anilines is 3. The molecule has 0 aliphatic rings. The van der Waals surface area contributed by atoms with Crippen molar-refractivity contribution in [1.29, 1.82) is 0 Å². The first-order valence-corrected chi connectivity index (χ1v) is 8.81. The van der Waals surface area contributed by atoms with Gasteiger partial charge in [0.25, 0.3) is 0 Å². The van der Waals surface area contributed by atoms with Gasteiger partial charge in [-0.25, -0.2) is 4.98 Å². The van der Waals surface area contributed by atoms with Crippen LogP contribution in [0.3, 0.4) is 0 Å². The molecule has 0 saturated heterocycles. The molecule has 1 N–H and O–H groups in total. The van der Waals surface area contributed by atoms with Crippen molar-refractivity contribution in [3.8, 4) is 0 Å². The third kappa shape index (κ3) is 4.57. The molecule has 2 aromatic heterocycles. The quantitative estimate of drug-likeness (QED) is 0.723. The zero-order chi connectivity index (χ0) is 18.5. The summed E-state index contributed by atoms with van der Waals surface area (Å²) in [5.41, 5.74) is 5.64. The van der Waals surface area contributed by atoms with Crippen LogP contribution in [0.25, 0.3) is 0 Å². The highest BCUT2D eigenvalue weighted by Crippen LogP contribution is 2.22. The van der Waals surface area contributed by atoms with Crippen LogP contribution in [0.1, 0.15) is 22.4 Å². The first kappa shape index (κ1) is 17.9. The lowest BCUT2D eigenvalue weighted by atomic mass is 10.1. The lowest BCUT2D eigenvalue weighted by molar-refractivity contribution is 0.853. The Morgan fingerprint density at radius 2 is 1.73 bits per heavy atom. The van der Waals surface area contributed by atoms with E-state index in [-0.39, 0.29) is 0 Å². The summed E-state index contributed by atoms with van der Waals surface area (Å²) in [6.45, 7) is 7.04. The number of nitrogens with zero attached hydrogens (tertiary/aromatic N) is 4. The molecule has 134 valence electrons. The fraction of sp³-hybridized carbons (Fsp3) is 0.286. The summed E-state index contributed by atoms with van der Waals surface area (Å²) in [5, 5.41) is 3.37. The summed E-state index contributed by atoms with van der Waals surface area (Å²) in [6, 6.07) is 12.4. The van der Waals surface area contributed by atoms with Crippen molar-refractivity contribution in [2.24, 2.45) is 0 Å². The van der Waals surface area contributed by atoms with E-state index in [4.69, 9.17) is 4.98 Å². The van der Waals surface area contributed by atoms with Crippen molar-refractivity contribution < 1.29 is 0 Å². The van der Waals surface area contributed by atoms with Crippen molar-refractivity contribution in [3.63, 3.8) is 0 Å². The molecule has 3 rings (SSSR count). The molecule has 0 atom stereocenters. The lowest BCUT2D eigenvalue weighted by Gasteiger charge is -2.19. The van der Waals surface area contributed by atoms with Gasteiger partial charge in [-0.3, -0.25) is 4.98 Å². The number of hydrogen-bond donors (Lipinski definition) is 1. The van der Waals surface area contributed by atoms with Crippen LogP contribution >= 0.6 is 0 Å². The average Bonchev–Trinajstić information content (AvgIpc) is 2.63. The summed E-state index contributed by atoms with van der Waals surface area (Å²) in [6.07, 6.45) is 4.61. The standard InChI is InChI=1S/C21H25N5/c1-15-5-6-16(2)19(13-15)24-21-23-17(3)14-20(25-21)26(4)12-9-18-7-10-22-11-8-18/h5-8,10-11,13-14H,9,12H2,1-4H3,(H,23,24,25). The van der Waals surface area contributed by atoms with E-state index in [1.165, 1.54) is 16.7 Å². The SMILES string of the molecule is Cc1ccc(C)c(Nc2nc(C)cc(N(C)CCc3ccncc3)n2)c1. The molecule has 0 aliphatic heterocycles. The second-order valence-corrected chi connectivity index (χ2v) is 6.66. The molecule has 0 aliphatic carbocycles. The van der Waals surface area contributed by atoms with Crippen LogP contribution in [-0.4, -0.2) is 28.5 Å². The van der Waals surface area contributed by atoms with E-state index < -0.39 is 0 Å². The maximum atomic E-state index is 4.70. The molecule has 1 aromatic carbocycles. The number of aromatic nitrogens is 3. The minimum absolute atomic E-state index is 0.629. The minimum atomic E-state index is 0.629. The Morgan fingerprint density at radius 1 is 0.962 bits per heavy atom. The summed E-state index contributed by atoms with van der Waals surface area (Å²) in [4.78, 5) is 15.5. The smallest absolute Gasteiger partial charge is 0.229 e. The van der Waals surface area contributed by atoms with Gasteiger partial charge < -0.3 is 10.2 Å². The molecule has 26 heavy (non-hydrogen) atoms. The van der Waals surface area contributed by atoms with E-state index in [1.54, 1.807) is 0 Å². The second kappa shape index (κ2) is 7.95. The van der Waals surface area contributed by atoms with E-state index in [2.05, 4.69) is 59.3 Å². The van der Waals surface area contributed by atoms with E-state index in [1.807, 2.05) is 37.5 Å². The number of nitrogens with one attached hydrogen (secondary N) is 1. The topological polar surface area (TPSA) is 53.9 Å². The molecular weight excluding hydrogens is 322 g/mol. The Balaban J connectivity index is 1.75. The maximum absolute atomic E-state index is 4.70. The first-order chi connectivity index (χ1) is 12.5. The van der Waals surface area contributed by atoms with E-state index in [9.17, 15) is 0 Å². The van der Waals surface area contributed by atoms with Gasteiger partial charge in [-0.1, -0.05) is 12.1 Å². The van der Waals surface area contributed by atoms with Crippen LogP contribution in [0, 0.1) is 20.8 Å². The number of pyridine rings is 1. The largest absolute Gasteiger partial charge is 0.359 e. The minimum Gasteiger partial charge on any atom is -0.359 e. The molecule has 2 heterocycles. The Kier molecular flexibility index (Phi) is 5.46. The van der Waals surface area contributed by atoms with Crippen LogP contribution in [0.4, 0.5) is 17.5 Å². The summed E-state index contributed by atoms with van der Waals surface area (Å²) >= 11 is 0. The average molecular weight is 347 g/mol. The third-order valence-corrected chi connectivity index (χ3v) is 4.36. The second-order valence-electron chi connectivity index (χ2n) is 6.66. The Bertz CT molecular complexity index is 877. The normalized spacial score (nSPS) is 10.6. The van der Waals surface area contributed by atoms with Crippen molar-refractivity contribution in [2.75, 3.05) is 23.8 Å². The van der Waals surface area contributed by atoms with Crippen molar-refractivity contribution in [3.05, 3.63) is 71.2 Å². The molecule has 3 aromatic rings. The van der Waals surface area contributed by atoms with Gasteiger partial charge in [-0.2, -0.15) is 4.98 Å². The van der Waals surface area contributed by atoms with Crippen molar-refractivity contribution in [2.45, 2.75) is 27.2 Å². The number of rotatable bonds is 6. The van der Waals surface area contributed by atoms with E-state index in [0.29, 0.717) is 5.95 Å². The van der Waals surface area contributed by atoms with Gasteiger partial charge >= 0.3 is 0 Å².